The van der Waals surface area contributed by atoms with E-state index in [0.717, 1.165) is 49.4 Å². The van der Waals surface area contributed by atoms with E-state index in [-0.39, 0.29) is 24.0 Å². The van der Waals surface area contributed by atoms with Crippen molar-refractivity contribution < 1.29 is 4.52 Å². The summed E-state index contributed by atoms with van der Waals surface area (Å²) < 4.78 is 5.09. The molecule has 1 aromatic heterocycles. The Morgan fingerprint density at radius 1 is 1.44 bits per heavy atom. The highest BCUT2D eigenvalue weighted by molar-refractivity contribution is 14.0. The van der Waals surface area contributed by atoms with Crippen molar-refractivity contribution in [1.29, 1.82) is 0 Å². The molecular formula is C12H23IN4O. The van der Waals surface area contributed by atoms with Crippen molar-refractivity contribution in [2.45, 2.75) is 40.0 Å². The molecule has 0 aromatic carbocycles. The van der Waals surface area contributed by atoms with Crippen LogP contribution < -0.4 is 11.1 Å². The predicted octanol–water partition coefficient (Wildman–Crippen LogP) is 2.16. The number of aryl methyl sites for hydroxylation is 2. The smallest absolute Gasteiger partial charge is 0.188 e. The van der Waals surface area contributed by atoms with E-state index in [4.69, 9.17) is 10.3 Å². The van der Waals surface area contributed by atoms with Gasteiger partial charge in [-0.2, -0.15) is 0 Å². The molecule has 0 amide bonds. The fourth-order valence-electron chi connectivity index (χ4n) is 1.59. The summed E-state index contributed by atoms with van der Waals surface area (Å²) in [6, 6.07) is 0. The number of hydrogen-bond acceptors (Lipinski definition) is 3. The van der Waals surface area contributed by atoms with Gasteiger partial charge >= 0.3 is 0 Å². The quantitative estimate of drug-likeness (QED) is 0.350. The molecular weight excluding hydrogens is 343 g/mol. The van der Waals surface area contributed by atoms with Crippen molar-refractivity contribution in [1.82, 2.24) is 10.5 Å². The summed E-state index contributed by atoms with van der Waals surface area (Å²) in [6.45, 7) is 7.56. The van der Waals surface area contributed by atoms with E-state index in [1.807, 2.05) is 13.8 Å². The van der Waals surface area contributed by atoms with Crippen LogP contribution in [0.2, 0.25) is 0 Å². The van der Waals surface area contributed by atoms with Gasteiger partial charge in [0.1, 0.15) is 5.76 Å². The summed E-state index contributed by atoms with van der Waals surface area (Å²) in [7, 11) is 0. The molecule has 0 unspecified atom stereocenters. The van der Waals surface area contributed by atoms with E-state index < -0.39 is 0 Å². The lowest BCUT2D eigenvalue weighted by Crippen LogP contribution is -2.33. The third-order valence-electron chi connectivity index (χ3n) is 2.66. The number of halogens is 1. The van der Waals surface area contributed by atoms with Gasteiger partial charge in [0.25, 0.3) is 0 Å². The molecule has 6 heteroatoms. The normalized spacial score (nSPS) is 11.2. The lowest BCUT2D eigenvalue weighted by atomic mass is 10.1. The van der Waals surface area contributed by atoms with Gasteiger partial charge in [-0.25, -0.2) is 0 Å². The van der Waals surface area contributed by atoms with Crippen LogP contribution in [0.5, 0.6) is 0 Å². The molecule has 0 bridgehead atoms. The standard InChI is InChI=1S/C12H22N4O.HI/c1-4-5-7-14-12(13)15-8-6-11-9(2)16-17-10(11)3;/h4-8H2,1-3H3,(H3,13,14,15);1H. The fourth-order valence-corrected chi connectivity index (χ4v) is 1.59. The molecule has 0 saturated carbocycles. The zero-order chi connectivity index (χ0) is 12.7. The summed E-state index contributed by atoms with van der Waals surface area (Å²) in [6.07, 6.45) is 3.06. The highest BCUT2D eigenvalue weighted by atomic mass is 127. The average molecular weight is 366 g/mol. The molecule has 0 aliphatic rings. The minimum absolute atomic E-state index is 0. The third kappa shape index (κ3) is 5.70. The molecule has 0 atom stereocenters. The molecule has 1 aromatic rings. The van der Waals surface area contributed by atoms with Gasteiger partial charge in [-0.1, -0.05) is 18.5 Å². The second-order valence-electron chi connectivity index (χ2n) is 4.10. The lowest BCUT2D eigenvalue weighted by molar-refractivity contribution is 0.392. The zero-order valence-electron chi connectivity index (χ0n) is 11.3. The minimum Gasteiger partial charge on any atom is -0.370 e. The Morgan fingerprint density at radius 2 is 2.17 bits per heavy atom. The first kappa shape index (κ1) is 17.2. The molecule has 0 saturated heterocycles. The fraction of sp³-hybridized carbons (Fsp3) is 0.667. The number of aromatic nitrogens is 1. The SMILES string of the molecule is CCCCN=C(N)NCCc1c(C)noc1C.I. The Bertz CT molecular complexity index is 357. The highest BCUT2D eigenvalue weighted by Gasteiger charge is 2.07. The zero-order valence-corrected chi connectivity index (χ0v) is 13.7. The van der Waals surface area contributed by atoms with Gasteiger partial charge in [-0.05, 0) is 26.7 Å². The summed E-state index contributed by atoms with van der Waals surface area (Å²) >= 11 is 0. The van der Waals surface area contributed by atoms with Crippen LogP contribution in [-0.4, -0.2) is 24.2 Å². The highest BCUT2D eigenvalue weighted by Crippen LogP contribution is 2.11. The molecule has 5 nitrogen and oxygen atoms in total. The number of rotatable bonds is 6. The van der Waals surface area contributed by atoms with Gasteiger partial charge in [0.15, 0.2) is 5.96 Å². The van der Waals surface area contributed by atoms with Crippen LogP contribution in [0.3, 0.4) is 0 Å². The van der Waals surface area contributed by atoms with E-state index in [9.17, 15) is 0 Å². The van der Waals surface area contributed by atoms with Crippen molar-refractivity contribution >= 4 is 29.9 Å². The molecule has 0 fully saturated rings. The number of nitrogens with one attached hydrogen (secondary N) is 1. The maximum absolute atomic E-state index is 5.73. The molecule has 18 heavy (non-hydrogen) atoms. The summed E-state index contributed by atoms with van der Waals surface area (Å²) in [5.74, 6) is 1.40. The number of hydrogen-bond donors (Lipinski definition) is 2. The van der Waals surface area contributed by atoms with E-state index in [2.05, 4.69) is 22.4 Å². The summed E-state index contributed by atoms with van der Waals surface area (Å²) in [5.41, 5.74) is 7.83. The van der Waals surface area contributed by atoms with E-state index in [0.29, 0.717) is 5.96 Å². The van der Waals surface area contributed by atoms with Gasteiger partial charge in [0.05, 0.1) is 5.69 Å². The van der Waals surface area contributed by atoms with Crippen LogP contribution >= 0.6 is 24.0 Å². The topological polar surface area (TPSA) is 76.4 Å². The number of nitrogens with zero attached hydrogens (tertiary/aromatic N) is 2. The van der Waals surface area contributed by atoms with Crippen LogP contribution in [0, 0.1) is 13.8 Å². The number of guanidine groups is 1. The first-order valence-corrected chi connectivity index (χ1v) is 6.10. The molecule has 1 rings (SSSR count). The van der Waals surface area contributed by atoms with Crippen LogP contribution in [0.4, 0.5) is 0 Å². The largest absolute Gasteiger partial charge is 0.370 e. The lowest BCUT2D eigenvalue weighted by Gasteiger charge is -2.05. The van der Waals surface area contributed by atoms with E-state index >= 15 is 0 Å². The van der Waals surface area contributed by atoms with Crippen LogP contribution in [0.1, 0.15) is 36.8 Å². The van der Waals surface area contributed by atoms with Gasteiger partial charge in [-0.15, -0.1) is 24.0 Å². The molecule has 0 aliphatic heterocycles. The number of nitrogens with two attached hydrogens (primary N) is 1. The second kappa shape index (κ2) is 9.18. The van der Waals surface area contributed by atoms with Crippen molar-refractivity contribution in [2.24, 2.45) is 10.7 Å². The predicted molar refractivity (Wildman–Crippen MR) is 84.5 cm³/mol. The van der Waals surface area contributed by atoms with Gasteiger partial charge in [0, 0.05) is 18.7 Å². The maximum atomic E-state index is 5.73. The van der Waals surface area contributed by atoms with Gasteiger partial charge < -0.3 is 15.6 Å². The van der Waals surface area contributed by atoms with E-state index in [1.165, 1.54) is 0 Å². The van der Waals surface area contributed by atoms with Crippen molar-refractivity contribution in [2.75, 3.05) is 13.1 Å². The Balaban J connectivity index is 0.00000289. The second-order valence-corrected chi connectivity index (χ2v) is 4.10. The maximum Gasteiger partial charge on any atom is 0.188 e. The monoisotopic (exact) mass is 366 g/mol. The first-order valence-electron chi connectivity index (χ1n) is 6.10. The molecule has 0 radical (unpaired) electrons. The summed E-state index contributed by atoms with van der Waals surface area (Å²) in [4.78, 5) is 4.22. The Morgan fingerprint density at radius 3 is 2.72 bits per heavy atom. The van der Waals surface area contributed by atoms with Gasteiger partial charge in [-0.3, -0.25) is 4.99 Å². The Labute approximate surface area is 126 Å². The Hall–Kier alpha value is -0.790. The third-order valence-corrected chi connectivity index (χ3v) is 2.66. The molecule has 0 spiro atoms. The minimum atomic E-state index is 0. The van der Waals surface area contributed by atoms with Crippen molar-refractivity contribution in [3.63, 3.8) is 0 Å². The van der Waals surface area contributed by atoms with Gasteiger partial charge in [0.2, 0.25) is 0 Å². The molecule has 3 N–H and O–H groups in total. The van der Waals surface area contributed by atoms with Crippen molar-refractivity contribution in [3.05, 3.63) is 17.0 Å². The molecule has 1 heterocycles. The van der Waals surface area contributed by atoms with Crippen LogP contribution in [-0.2, 0) is 6.42 Å². The number of unbranched alkanes of at least 4 members (excludes halogenated alkanes) is 1. The summed E-state index contributed by atoms with van der Waals surface area (Å²) in [5, 5.41) is 7.00. The van der Waals surface area contributed by atoms with E-state index in [1.54, 1.807) is 0 Å². The first-order chi connectivity index (χ1) is 8.15. The molecule has 0 aliphatic carbocycles. The Kier molecular flexibility index (Phi) is 8.78. The number of aliphatic imine (C=N–C) groups is 1. The van der Waals surface area contributed by atoms with Crippen LogP contribution in [0.25, 0.3) is 0 Å². The van der Waals surface area contributed by atoms with Crippen LogP contribution in [0.15, 0.2) is 9.52 Å². The van der Waals surface area contributed by atoms with Crippen molar-refractivity contribution in [3.8, 4) is 0 Å². The average Bonchev–Trinajstić information content (AvgIpc) is 2.61. The molecule has 104 valence electrons.